The third kappa shape index (κ3) is 3.48. The van der Waals surface area contributed by atoms with E-state index in [1.54, 1.807) is 16.8 Å². The van der Waals surface area contributed by atoms with E-state index in [4.69, 9.17) is 10.8 Å². The van der Waals surface area contributed by atoms with Gasteiger partial charge in [-0.1, -0.05) is 0 Å². The minimum absolute atomic E-state index is 0. The molecule has 0 atom stereocenters. The Balaban J connectivity index is 0.00000242. The summed E-state index contributed by atoms with van der Waals surface area (Å²) >= 11 is 0. The summed E-state index contributed by atoms with van der Waals surface area (Å²) in [6.45, 7) is 3.84. The quantitative estimate of drug-likeness (QED) is 0.810. The molecule has 0 bridgehead atoms. The van der Waals surface area contributed by atoms with Crippen LogP contribution >= 0.6 is 0 Å². The molecule has 0 fully saturated rings. The van der Waals surface area contributed by atoms with E-state index in [1.807, 2.05) is 13.8 Å². The number of nitriles is 1. The molecule has 110 valence electrons. The molecule has 0 saturated heterocycles. The van der Waals surface area contributed by atoms with E-state index >= 15 is 0 Å². The van der Waals surface area contributed by atoms with Crippen molar-refractivity contribution in [3.63, 3.8) is 0 Å². The van der Waals surface area contributed by atoms with Gasteiger partial charge in [0.25, 0.3) is 0 Å². The predicted molar refractivity (Wildman–Crippen MR) is 83.5 cm³/mol. The fraction of sp³-hybridized carbons (Fsp3) is 0.286. The summed E-state index contributed by atoms with van der Waals surface area (Å²) in [7, 11) is 0. The molecule has 22 heavy (non-hydrogen) atoms. The van der Waals surface area contributed by atoms with E-state index in [0.717, 1.165) is 0 Å². The van der Waals surface area contributed by atoms with Crippen LogP contribution in [0.3, 0.4) is 0 Å². The fourth-order valence-corrected chi connectivity index (χ4v) is 1.98. The number of nitrogens with two attached hydrogens (primary N) is 1. The maximum absolute atomic E-state index is 10.6. The summed E-state index contributed by atoms with van der Waals surface area (Å²) in [5.41, 5.74) is 7.76. The van der Waals surface area contributed by atoms with Gasteiger partial charge in [-0.05, 0) is 26.0 Å². The van der Waals surface area contributed by atoms with Crippen LogP contribution < -0.4 is 5.73 Å². The van der Waals surface area contributed by atoms with Crippen LogP contribution in [-0.2, 0) is 11.2 Å². The van der Waals surface area contributed by atoms with Crippen molar-refractivity contribution < 1.29 is 9.90 Å². The first-order valence-corrected chi connectivity index (χ1v) is 6.39. The van der Waals surface area contributed by atoms with E-state index < -0.39 is 5.97 Å². The van der Waals surface area contributed by atoms with Crippen molar-refractivity contribution in [1.29, 1.82) is 5.26 Å². The third-order valence-electron chi connectivity index (χ3n) is 2.98. The Hall–Kier alpha value is -2.28. The first-order chi connectivity index (χ1) is 9.93. The van der Waals surface area contributed by atoms with Gasteiger partial charge in [-0.2, -0.15) is 10.4 Å². The molecule has 0 aromatic carbocycles. The number of carbonyl (C=O) groups is 1. The van der Waals surface area contributed by atoms with Gasteiger partial charge in [0.05, 0.1) is 12.1 Å². The van der Waals surface area contributed by atoms with E-state index in [9.17, 15) is 10.1 Å². The summed E-state index contributed by atoms with van der Waals surface area (Å²) in [6.07, 6.45) is 1.36. The fourth-order valence-electron chi connectivity index (χ4n) is 1.98. The molecule has 0 aliphatic carbocycles. The zero-order valence-electron chi connectivity index (χ0n) is 11.7. The molecule has 0 unspecified atom stereocenters. The van der Waals surface area contributed by atoms with Gasteiger partial charge in [0.1, 0.15) is 23.1 Å². The molecule has 2 rings (SSSR count). The summed E-state index contributed by atoms with van der Waals surface area (Å²) in [5.74, 6) is -0.626. The number of hydrogen-bond acceptors (Lipinski definition) is 5. The molecule has 7 nitrogen and oxygen atoms in total. The Kier molecular flexibility index (Phi) is 5.75. The Bertz CT molecular complexity index is 716. The second kappa shape index (κ2) is 7.12. The number of nitrogens with zero attached hydrogens (tertiary/aromatic N) is 4. The van der Waals surface area contributed by atoms with Crippen LogP contribution in [0.1, 0.15) is 31.1 Å². The number of pyridine rings is 1. The third-order valence-corrected chi connectivity index (χ3v) is 2.98. The number of nitrogen functional groups attached to an aromatic ring is 1. The van der Waals surface area contributed by atoms with Crippen molar-refractivity contribution in [2.24, 2.45) is 0 Å². The first-order valence-electron chi connectivity index (χ1n) is 6.39. The molecule has 0 aliphatic heterocycles. The Morgan fingerprint density at radius 3 is 2.64 bits per heavy atom. The molecule has 2 heterocycles. The Morgan fingerprint density at radius 1 is 1.50 bits per heavy atom. The second-order valence-electron chi connectivity index (χ2n) is 4.87. The van der Waals surface area contributed by atoms with Crippen LogP contribution in [0, 0.1) is 11.3 Å². The van der Waals surface area contributed by atoms with Gasteiger partial charge in [0.15, 0.2) is 0 Å². The number of hydrogen-bond donors (Lipinski definition) is 2. The van der Waals surface area contributed by atoms with Crippen molar-refractivity contribution in [1.82, 2.24) is 14.8 Å². The standard InChI is InChI=1S/C14H15N5O2.Li.H/c1-8(2)19-14(16)11(6-15)13(18-19)9-3-4-10(17-7-9)5-12(20)21;;/h3-4,7-8H,5,16H2,1-2H3,(H,20,21);;. The molecular formula is C14H16LiN5O2. The number of anilines is 1. The molecule has 0 radical (unpaired) electrons. The van der Waals surface area contributed by atoms with Crippen LogP contribution in [-0.4, -0.2) is 44.7 Å². The number of aliphatic carboxylic acids is 1. The number of rotatable bonds is 4. The average molecular weight is 293 g/mol. The topological polar surface area (TPSA) is 118 Å². The maximum atomic E-state index is 10.6. The number of carboxylic acids is 1. The van der Waals surface area contributed by atoms with Gasteiger partial charge in [0, 0.05) is 17.8 Å². The van der Waals surface area contributed by atoms with Crippen LogP contribution in [0.5, 0.6) is 0 Å². The molecule has 2 aromatic rings. The average Bonchev–Trinajstić information content (AvgIpc) is 2.76. The van der Waals surface area contributed by atoms with Gasteiger partial charge < -0.3 is 10.8 Å². The molecule has 0 aliphatic rings. The summed E-state index contributed by atoms with van der Waals surface area (Å²) < 4.78 is 1.58. The number of carboxylic acid groups (broad SMARTS) is 1. The SMILES string of the molecule is CC(C)n1nc(-c2ccc(CC(=O)O)nc2)c(C#N)c1N.[LiH]. The Labute approximate surface area is 139 Å². The molecule has 2 aromatic heterocycles. The zero-order chi connectivity index (χ0) is 15.6. The molecule has 8 heteroatoms. The molecular weight excluding hydrogens is 277 g/mol. The van der Waals surface area contributed by atoms with Crippen molar-refractivity contribution >= 4 is 30.6 Å². The summed E-state index contributed by atoms with van der Waals surface area (Å²) in [6, 6.07) is 5.39. The zero-order valence-corrected chi connectivity index (χ0v) is 11.7. The van der Waals surface area contributed by atoms with Crippen molar-refractivity contribution in [3.05, 3.63) is 29.6 Å². The van der Waals surface area contributed by atoms with Crippen LogP contribution in [0.15, 0.2) is 18.3 Å². The summed E-state index contributed by atoms with van der Waals surface area (Å²) in [5, 5.41) is 22.3. The summed E-state index contributed by atoms with van der Waals surface area (Å²) in [4.78, 5) is 14.7. The van der Waals surface area contributed by atoms with Gasteiger partial charge >= 0.3 is 24.8 Å². The van der Waals surface area contributed by atoms with E-state index in [1.165, 1.54) is 6.20 Å². The van der Waals surface area contributed by atoms with E-state index in [2.05, 4.69) is 16.2 Å². The van der Waals surface area contributed by atoms with Gasteiger partial charge in [0.2, 0.25) is 0 Å². The van der Waals surface area contributed by atoms with E-state index in [-0.39, 0.29) is 31.3 Å². The number of aromatic nitrogens is 3. The van der Waals surface area contributed by atoms with Crippen LogP contribution in [0.2, 0.25) is 0 Å². The van der Waals surface area contributed by atoms with Crippen molar-refractivity contribution in [2.45, 2.75) is 26.3 Å². The van der Waals surface area contributed by atoms with E-state index in [0.29, 0.717) is 28.3 Å². The van der Waals surface area contributed by atoms with Gasteiger partial charge in [-0.3, -0.25) is 9.78 Å². The molecule has 0 amide bonds. The second-order valence-corrected chi connectivity index (χ2v) is 4.87. The Morgan fingerprint density at radius 2 is 2.18 bits per heavy atom. The normalized spacial score (nSPS) is 10.1. The molecule has 0 spiro atoms. The van der Waals surface area contributed by atoms with Crippen LogP contribution in [0.4, 0.5) is 5.82 Å². The van der Waals surface area contributed by atoms with Crippen LogP contribution in [0.25, 0.3) is 11.3 Å². The minimum atomic E-state index is -0.943. The van der Waals surface area contributed by atoms with Gasteiger partial charge in [-0.25, -0.2) is 4.68 Å². The monoisotopic (exact) mass is 293 g/mol. The van der Waals surface area contributed by atoms with Crippen molar-refractivity contribution in [2.75, 3.05) is 5.73 Å². The molecule has 0 saturated carbocycles. The molecule has 3 N–H and O–H groups in total. The van der Waals surface area contributed by atoms with Gasteiger partial charge in [-0.15, -0.1) is 0 Å². The predicted octanol–water partition coefficient (Wildman–Crippen LogP) is 0.958. The first kappa shape index (κ1) is 17.8. The van der Waals surface area contributed by atoms with Crippen molar-refractivity contribution in [3.8, 4) is 17.3 Å².